The maximum absolute atomic E-state index is 12.4. The van der Waals surface area contributed by atoms with Crippen LogP contribution in [0.25, 0.3) is 21.0 Å². The normalized spacial score (nSPS) is 17.6. The second-order valence-corrected chi connectivity index (χ2v) is 9.33. The highest BCUT2D eigenvalue weighted by Gasteiger charge is 2.24. The molecule has 0 saturated carbocycles. The predicted molar refractivity (Wildman–Crippen MR) is 126 cm³/mol. The number of carbonyl (C=O) groups is 1. The summed E-state index contributed by atoms with van der Waals surface area (Å²) in [7, 11) is 0. The highest BCUT2D eigenvalue weighted by atomic mass is 32.1. The molecule has 0 radical (unpaired) electrons. The third-order valence-corrected chi connectivity index (χ3v) is 7.26. The average molecular weight is 453 g/mol. The number of hydrogen-bond acceptors (Lipinski definition) is 7. The van der Waals surface area contributed by atoms with Crippen molar-refractivity contribution in [2.75, 3.05) is 44.3 Å². The third-order valence-electron chi connectivity index (χ3n) is 6.12. The van der Waals surface area contributed by atoms with Crippen LogP contribution in [0, 0.1) is 0 Å². The summed E-state index contributed by atoms with van der Waals surface area (Å²) < 4.78 is 5.50. The van der Waals surface area contributed by atoms with Crippen molar-refractivity contribution in [1.82, 2.24) is 20.1 Å². The van der Waals surface area contributed by atoms with Gasteiger partial charge in [-0.2, -0.15) is 5.10 Å². The number of morpholine rings is 1. The molecule has 0 spiro atoms. The molecule has 8 nitrogen and oxygen atoms in total. The summed E-state index contributed by atoms with van der Waals surface area (Å²) in [6.07, 6.45) is 7.13. The van der Waals surface area contributed by atoms with Crippen LogP contribution >= 0.6 is 11.3 Å². The lowest BCUT2D eigenvalue weighted by Gasteiger charge is -2.31. The van der Waals surface area contributed by atoms with Crippen molar-refractivity contribution >= 4 is 22.9 Å². The van der Waals surface area contributed by atoms with E-state index < -0.39 is 5.91 Å². The molecule has 2 fully saturated rings. The van der Waals surface area contributed by atoms with Gasteiger partial charge in [0.05, 0.1) is 24.3 Å². The number of nitrogens with one attached hydrogen (secondary N) is 1. The van der Waals surface area contributed by atoms with Gasteiger partial charge >= 0.3 is 0 Å². The van der Waals surface area contributed by atoms with Crippen molar-refractivity contribution < 1.29 is 9.53 Å². The van der Waals surface area contributed by atoms with E-state index in [0.29, 0.717) is 5.69 Å². The van der Waals surface area contributed by atoms with Crippen LogP contribution < -0.4 is 10.6 Å². The van der Waals surface area contributed by atoms with E-state index in [1.54, 1.807) is 12.4 Å². The first-order chi connectivity index (χ1) is 15.7. The Balaban J connectivity index is 1.58. The Morgan fingerprint density at radius 2 is 1.97 bits per heavy atom. The number of ether oxygens (including phenoxy) is 1. The van der Waals surface area contributed by atoms with Crippen molar-refractivity contribution in [2.45, 2.75) is 25.8 Å². The fourth-order valence-corrected chi connectivity index (χ4v) is 5.53. The van der Waals surface area contributed by atoms with Gasteiger partial charge in [0.15, 0.2) is 0 Å². The molecule has 2 aliphatic rings. The molecule has 9 heteroatoms. The zero-order valence-corrected chi connectivity index (χ0v) is 18.9. The topological polar surface area (TPSA) is 100 Å². The third kappa shape index (κ3) is 4.41. The van der Waals surface area contributed by atoms with Gasteiger partial charge in [0.2, 0.25) is 0 Å². The van der Waals surface area contributed by atoms with Crippen molar-refractivity contribution in [3.05, 3.63) is 41.9 Å². The largest absolute Gasteiger partial charge is 0.379 e. The first-order valence-electron chi connectivity index (χ1n) is 11.2. The molecule has 3 aromatic rings. The number of rotatable bonds is 6. The minimum Gasteiger partial charge on any atom is -0.379 e. The first-order valence-corrected chi connectivity index (χ1v) is 12.0. The molecule has 1 aromatic carbocycles. The number of benzene rings is 1. The second-order valence-electron chi connectivity index (χ2n) is 8.34. The quantitative estimate of drug-likeness (QED) is 0.596. The van der Waals surface area contributed by atoms with Gasteiger partial charge in [-0.3, -0.25) is 14.8 Å². The summed E-state index contributed by atoms with van der Waals surface area (Å²) in [6.45, 7) is 6.31. The SMILES string of the molecule is NC(=O)c1nc(-c2cn[nH]c2)sc1-c1cc(CN2CCOCC2)ccc1N1CCCCC1. The molecule has 0 unspecified atom stereocenters. The standard InChI is InChI=1S/C23H28N6O2S/c24-22(30)20-21(32-23(27-20)17-13-25-26-14-17)18-12-16(15-28-8-10-31-11-9-28)4-5-19(18)29-6-2-1-3-7-29/h4-5,12-14H,1-3,6-11,15H2,(H2,24,30)(H,25,26). The second kappa shape index (κ2) is 9.40. The molecule has 0 bridgehead atoms. The van der Waals surface area contributed by atoms with Crippen molar-refractivity contribution in [1.29, 1.82) is 0 Å². The number of aromatic nitrogens is 3. The van der Waals surface area contributed by atoms with Gasteiger partial charge in [0, 0.05) is 55.7 Å². The summed E-state index contributed by atoms with van der Waals surface area (Å²) in [5.41, 5.74) is 10.4. The highest BCUT2D eigenvalue weighted by molar-refractivity contribution is 7.18. The fraction of sp³-hybridized carbons (Fsp3) is 0.435. The molecule has 2 aliphatic heterocycles. The van der Waals surface area contributed by atoms with Gasteiger partial charge < -0.3 is 15.4 Å². The molecule has 0 atom stereocenters. The van der Waals surface area contributed by atoms with Crippen LogP contribution in [0.3, 0.4) is 0 Å². The summed E-state index contributed by atoms with van der Waals surface area (Å²) in [6, 6.07) is 6.64. The van der Waals surface area contributed by atoms with Crippen LogP contribution in [-0.4, -0.2) is 65.4 Å². The summed E-state index contributed by atoms with van der Waals surface area (Å²) in [4.78, 5) is 22.6. The molecule has 168 valence electrons. The number of nitrogens with zero attached hydrogens (tertiary/aromatic N) is 4. The summed E-state index contributed by atoms with van der Waals surface area (Å²) in [5, 5.41) is 7.59. The Kier molecular flexibility index (Phi) is 6.20. The van der Waals surface area contributed by atoms with Crippen LogP contribution in [0.1, 0.15) is 35.3 Å². The molecule has 32 heavy (non-hydrogen) atoms. The van der Waals surface area contributed by atoms with Crippen LogP contribution in [0.2, 0.25) is 0 Å². The summed E-state index contributed by atoms with van der Waals surface area (Å²) >= 11 is 1.50. The lowest BCUT2D eigenvalue weighted by atomic mass is 10.0. The van der Waals surface area contributed by atoms with Crippen LogP contribution in [0.5, 0.6) is 0 Å². The fourth-order valence-electron chi connectivity index (χ4n) is 4.45. The number of hydrogen-bond donors (Lipinski definition) is 2. The molecule has 4 heterocycles. The van der Waals surface area contributed by atoms with E-state index >= 15 is 0 Å². The van der Waals surface area contributed by atoms with Crippen molar-refractivity contribution in [2.24, 2.45) is 5.73 Å². The van der Waals surface area contributed by atoms with E-state index in [2.05, 4.69) is 43.2 Å². The number of carbonyl (C=O) groups excluding carboxylic acids is 1. The Bertz CT molecular complexity index is 1070. The Hall–Kier alpha value is -2.75. The molecular formula is C23H28N6O2S. The monoisotopic (exact) mass is 452 g/mol. The maximum Gasteiger partial charge on any atom is 0.268 e. The van der Waals surface area contributed by atoms with Gasteiger partial charge in [-0.15, -0.1) is 11.3 Å². The molecule has 0 aliphatic carbocycles. The molecular weight excluding hydrogens is 424 g/mol. The average Bonchev–Trinajstić information content (AvgIpc) is 3.51. The highest BCUT2D eigenvalue weighted by Crippen LogP contribution is 2.41. The van der Waals surface area contributed by atoms with Gasteiger partial charge in [0.25, 0.3) is 5.91 Å². The maximum atomic E-state index is 12.4. The molecule has 1 amide bonds. The number of aromatic amines is 1. The van der Waals surface area contributed by atoms with E-state index in [-0.39, 0.29) is 0 Å². The lowest BCUT2D eigenvalue weighted by molar-refractivity contribution is 0.0342. The molecule has 2 aromatic heterocycles. The van der Waals surface area contributed by atoms with Crippen molar-refractivity contribution in [3.8, 4) is 21.0 Å². The van der Waals surface area contributed by atoms with E-state index in [1.807, 2.05) is 0 Å². The number of amides is 1. The number of piperidine rings is 1. The Morgan fingerprint density at radius 3 is 2.69 bits per heavy atom. The van der Waals surface area contributed by atoms with Gasteiger partial charge in [-0.25, -0.2) is 4.98 Å². The number of thiazole rings is 1. The first kappa shape index (κ1) is 21.1. The predicted octanol–water partition coefficient (Wildman–Crippen LogP) is 3.12. The van der Waals surface area contributed by atoms with Crippen LogP contribution in [-0.2, 0) is 11.3 Å². The van der Waals surface area contributed by atoms with E-state index in [9.17, 15) is 4.79 Å². The Morgan fingerprint density at radius 1 is 1.16 bits per heavy atom. The van der Waals surface area contributed by atoms with E-state index in [1.165, 1.54) is 36.2 Å². The summed E-state index contributed by atoms with van der Waals surface area (Å²) in [5.74, 6) is -0.505. The van der Waals surface area contributed by atoms with Gasteiger partial charge in [0.1, 0.15) is 10.7 Å². The van der Waals surface area contributed by atoms with Gasteiger partial charge in [-0.05, 0) is 37.0 Å². The number of primary amides is 1. The van der Waals surface area contributed by atoms with E-state index in [4.69, 9.17) is 10.5 Å². The lowest BCUT2D eigenvalue weighted by Crippen LogP contribution is -2.35. The zero-order valence-electron chi connectivity index (χ0n) is 18.0. The molecule has 5 rings (SSSR count). The zero-order chi connectivity index (χ0) is 21.9. The molecule has 2 saturated heterocycles. The number of H-pyrrole nitrogens is 1. The Labute approximate surface area is 191 Å². The minimum atomic E-state index is -0.505. The van der Waals surface area contributed by atoms with E-state index in [0.717, 1.165) is 72.6 Å². The van der Waals surface area contributed by atoms with Gasteiger partial charge in [-0.1, -0.05) is 6.07 Å². The molecule has 3 N–H and O–H groups in total. The number of nitrogens with two attached hydrogens (primary N) is 1. The van der Waals surface area contributed by atoms with Crippen LogP contribution in [0.4, 0.5) is 5.69 Å². The minimum absolute atomic E-state index is 0.327. The van der Waals surface area contributed by atoms with Crippen LogP contribution in [0.15, 0.2) is 30.6 Å². The van der Waals surface area contributed by atoms with Crippen molar-refractivity contribution in [3.63, 3.8) is 0 Å². The smallest absolute Gasteiger partial charge is 0.268 e. The number of anilines is 1.